The van der Waals surface area contributed by atoms with Gasteiger partial charge in [-0.2, -0.15) is 11.8 Å². The first-order valence-electron chi connectivity index (χ1n) is 28.8. The van der Waals surface area contributed by atoms with Crippen LogP contribution in [0.1, 0.15) is 65.9 Å². The number of hydrogen-bond donors (Lipinski definition) is 12. The van der Waals surface area contributed by atoms with Gasteiger partial charge in [0.15, 0.2) is 12.0 Å². The van der Waals surface area contributed by atoms with E-state index in [4.69, 9.17) is 59.8 Å². The number of allylic oxidation sites excluding steroid dienone is 3. The molecule has 5 amide bonds. The van der Waals surface area contributed by atoms with E-state index in [1.807, 2.05) is 18.4 Å². The summed E-state index contributed by atoms with van der Waals surface area (Å²) >= 11 is 7.89. The molecule has 5 aliphatic heterocycles. The molecule has 1 aromatic carbocycles. The third-order valence-corrected chi connectivity index (χ3v) is 17.8. The van der Waals surface area contributed by atoms with Crippen LogP contribution in [-0.2, 0) is 73.1 Å². The third kappa shape index (κ3) is 17.6. The van der Waals surface area contributed by atoms with Gasteiger partial charge in [0.05, 0.1) is 62.5 Å². The zero-order valence-corrected chi connectivity index (χ0v) is 52.7. The molecule has 504 valence electrons. The number of carboxylic acids is 1. The highest BCUT2D eigenvalue weighted by Crippen LogP contribution is 2.49. The number of methoxy groups -OCH3 is 2. The molecule has 5 aliphatic rings. The number of alkyl carbamates (subject to hydrolysis) is 1. The van der Waals surface area contributed by atoms with Crippen LogP contribution in [0.4, 0.5) is 10.5 Å². The molecule has 32 nitrogen and oxygen atoms in total. The summed E-state index contributed by atoms with van der Waals surface area (Å²) in [4.78, 5) is 95.1. The van der Waals surface area contributed by atoms with Crippen molar-refractivity contribution in [2.45, 2.75) is 175 Å². The minimum atomic E-state index is -2.83. The molecule has 0 aromatic heterocycles. The lowest BCUT2D eigenvalue weighted by atomic mass is 9.83. The van der Waals surface area contributed by atoms with Crippen molar-refractivity contribution in [3.63, 3.8) is 0 Å². The molecular weight excluding hydrogens is 1240 g/mol. The Bertz CT molecular complexity index is 2810. The predicted octanol–water partition coefficient (Wildman–Crippen LogP) is -1.72. The van der Waals surface area contributed by atoms with Gasteiger partial charge in [-0.05, 0) is 51.4 Å². The number of carbonyl (C=O) groups is 7. The number of carboxylic acid groups (broad SMARTS) is 1. The largest absolute Gasteiger partial charge is 0.495 e. The Labute approximate surface area is 527 Å². The number of anilines is 1. The average Bonchev–Trinajstić information content (AvgIpc) is 1.55. The van der Waals surface area contributed by atoms with E-state index in [1.54, 1.807) is 38.1 Å². The second kappa shape index (κ2) is 31.6. The number of amides is 5. The molecule has 0 spiro atoms. The first-order valence-corrected chi connectivity index (χ1v) is 30.3. The molecule has 0 saturated carbocycles. The van der Waals surface area contributed by atoms with Crippen LogP contribution in [0, 0.1) is 5.92 Å². The standard InChI is InChI=1S/C56H82ClN8O24S/c1-26-11-10-12-37(82-9)55(80)22-35(86-53(79)62-55)27(2)49-54(5,89-49)38(20-41(71)65(7)31-18-30(17-26)19-34(81-8)42(31)57)87-50(76)28(3)64(6)40(70)13-16-90-25-39(69)59-14-15-83-51-47(75)46(74)45(73)36(85-51)24-84-56(52(77)78)21-32(67)43(61-29(4)66)48(88-56)44(72)33(68)23-60-63-58/h10-12,18-19,27-28,32-33,35-38,43-49,51,67-68,72-75,80H,13-17,20-25H2,1-9H3,(H5-,58,59,60,61,62,66,69,77,78,79)/q-1/b12-10+,26-11+. The summed E-state index contributed by atoms with van der Waals surface area (Å²) in [5.41, 5.74) is 9.31. The topological polar surface area (TPSA) is 457 Å². The lowest BCUT2D eigenvalue weighted by Crippen LogP contribution is -2.68. The second-order valence-corrected chi connectivity index (χ2v) is 24.4. The zero-order chi connectivity index (χ0) is 66.7. The molecule has 4 bridgehead atoms. The maximum absolute atomic E-state index is 14.4. The van der Waals surface area contributed by atoms with Crippen molar-refractivity contribution in [1.82, 2.24) is 26.3 Å². The van der Waals surface area contributed by atoms with Crippen molar-refractivity contribution in [3.05, 3.63) is 52.1 Å². The number of aliphatic carboxylic acids is 1. The summed E-state index contributed by atoms with van der Waals surface area (Å²) in [5, 5.41) is 96.8. The van der Waals surface area contributed by atoms with E-state index in [-0.39, 0.29) is 42.5 Å². The van der Waals surface area contributed by atoms with E-state index in [1.165, 1.54) is 40.1 Å². The molecular formula is C56H82ClN8O24S-. The summed E-state index contributed by atoms with van der Waals surface area (Å²) in [6.07, 6.45) is -17.7. The fourth-order valence-electron chi connectivity index (χ4n) is 11.0. The zero-order valence-electron chi connectivity index (χ0n) is 51.1. The average molecular weight is 1320 g/mol. The van der Waals surface area contributed by atoms with E-state index in [0.29, 0.717) is 17.9 Å². The number of esters is 1. The van der Waals surface area contributed by atoms with Crippen molar-refractivity contribution >= 4 is 70.7 Å². The Morgan fingerprint density at radius 1 is 1.07 bits per heavy atom. The molecule has 19 atom stereocenters. The molecule has 34 heteroatoms. The van der Waals surface area contributed by atoms with E-state index >= 15 is 0 Å². The number of benzene rings is 1. The fourth-order valence-corrected chi connectivity index (χ4v) is 12.0. The molecule has 90 heavy (non-hydrogen) atoms. The Morgan fingerprint density at radius 2 is 1.78 bits per heavy atom. The van der Waals surface area contributed by atoms with E-state index in [9.17, 15) is 74.4 Å². The maximum Gasteiger partial charge on any atom is 0.409 e. The molecule has 0 radical (unpaired) electrons. The van der Waals surface area contributed by atoms with Crippen LogP contribution in [0.5, 0.6) is 5.75 Å². The fraction of sp³-hybridized carbons (Fsp3) is 0.696. The Hall–Kier alpha value is -5.89. The Balaban J connectivity index is 1.02. The number of fused-ring (bicyclic) bond motifs is 5. The third-order valence-electron chi connectivity index (χ3n) is 16.4. The molecule has 1 aromatic rings. The highest BCUT2D eigenvalue weighted by molar-refractivity contribution is 7.99. The monoisotopic (exact) mass is 1320 g/mol. The number of thioether (sulfide) groups is 1. The Morgan fingerprint density at radius 3 is 2.43 bits per heavy atom. The molecule has 0 aliphatic carbocycles. The first kappa shape index (κ1) is 73.2. The van der Waals surface area contributed by atoms with Gasteiger partial charge in [0, 0.05) is 65.6 Å². The first-order chi connectivity index (χ1) is 42.3. The number of hydrogen-bond acceptors (Lipinski definition) is 25. The minimum Gasteiger partial charge on any atom is -0.495 e. The SMILES string of the molecule is COc1cc2cc(c1Cl)N(C)C(=O)CC(OC(=O)C(C)N(C)C(=O)CCSCC(=O)NCCOC1OC(COC3(C(=O)O)CC(O)C(NC(C)=O)C(C(O)C(O)CNN=[N-])O3)C(O)C(O)C1O)C1(C)OC1C(C)C1CC(O)(NC(=O)O1)C(OC)/C=C/C=C(\C)C2. The van der Waals surface area contributed by atoms with Crippen molar-refractivity contribution in [2.75, 3.05) is 71.0 Å². The van der Waals surface area contributed by atoms with Crippen LogP contribution in [0.25, 0.3) is 5.53 Å². The summed E-state index contributed by atoms with van der Waals surface area (Å²) < 4.78 is 51.7. The van der Waals surface area contributed by atoms with Crippen LogP contribution in [-0.4, -0.2) is 262 Å². The van der Waals surface area contributed by atoms with Gasteiger partial charge in [0.1, 0.15) is 77.4 Å². The highest BCUT2D eigenvalue weighted by atomic mass is 35.5. The lowest BCUT2D eigenvalue weighted by Gasteiger charge is -2.47. The van der Waals surface area contributed by atoms with Gasteiger partial charge >= 0.3 is 18.0 Å². The van der Waals surface area contributed by atoms with E-state index < -0.39 is 182 Å². The number of nitrogens with zero attached hydrogens (tertiary/aromatic N) is 4. The van der Waals surface area contributed by atoms with Crippen LogP contribution in [0.15, 0.2) is 41.2 Å². The summed E-state index contributed by atoms with van der Waals surface area (Å²) in [6, 6.07) is 0.761. The van der Waals surface area contributed by atoms with Crippen LogP contribution in [0.3, 0.4) is 0 Å². The number of ether oxygens (including phenoxy) is 9. The number of aliphatic hydroxyl groups excluding tert-OH is 6. The molecule has 6 rings (SSSR count). The smallest absolute Gasteiger partial charge is 0.409 e. The van der Waals surface area contributed by atoms with Crippen LogP contribution in [0.2, 0.25) is 5.02 Å². The second-order valence-electron chi connectivity index (χ2n) is 22.9. The normalized spacial score (nSPS) is 34.0. The molecule has 4 saturated heterocycles. The number of likely N-dealkylation sites (N-methyl/N-ethyl adjacent to an activating group) is 1. The van der Waals surface area contributed by atoms with E-state index in [2.05, 4.69) is 21.2 Å². The molecule has 5 heterocycles. The van der Waals surface area contributed by atoms with Crippen molar-refractivity contribution in [1.29, 1.82) is 0 Å². The van der Waals surface area contributed by atoms with Gasteiger partial charge < -0.3 is 115 Å². The summed E-state index contributed by atoms with van der Waals surface area (Å²) in [7, 11) is 5.72. The van der Waals surface area contributed by atoms with Gasteiger partial charge in [-0.15, -0.1) is 0 Å². The van der Waals surface area contributed by atoms with Crippen molar-refractivity contribution < 1.29 is 117 Å². The lowest BCUT2D eigenvalue weighted by molar-refractivity contribution is -0.338. The molecule has 12 N–H and O–H groups in total. The minimum absolute atomic E-state index is 0.114. The summed E-state index contributed by atoms with van der Waals surface area (Å²) in [6.45, 7) is 5.70. The molecule has 4 fully saturated rings. The van der Waals surface area contributed by atoms with Crippen molar-refractivity contribution in [2.24, 2.45) is 11.1 Å². The number of rotatable bonds is 24. The number of nitrogens with one attached hydrogen (secondary N) is 4. The molecule has 19 unspecified atom stereocenters. The van der Waals surface area contributed by atoms with Crippen molar-refractivity contribution in [3.8, 4) is 5.75 Å². The van der Waals surface area contributed by atoms with Gasteiger partial charge in [0.25, 0.3) is 5.79 Å². The predicted molar refractivity (Wildman–Crippen MR) is 314 cm³/mol. The van der Waals surface area contributed by atoms with Crippen LogP contribution >= 0.6 is 23.4 Å². The number of epoxide rings is 1. The Kier molecular flexibility index (Phi) is 25.7. The van der Waals surface area contributed by atoms with Gasteiger partial charge in [-0.25, -0.2) is 14.4 Å². The number of aliphatic hydroxyl groups is 7. The quantitative estimate of drug-likeness (QED) is 0.0180. The summed E-state index contributed by atoms with van der Waals surface area (Å²) in [5.74, 6) is -8.25. The van der Waals surface area contributed by atoms with Gasteiger partial charge in [0.2, 0.25) is 23.6 Å². The highest BCUT2D eigenvalue weighted by Gasteiger charge is 2.65. The van der Waals surface area contributed by atoms with E-state index in [0.717, 1.165) is 34.7 Å². The number of halogens is 1. The van der Waals surface area contributed by atoms with Gasteiger partial charge in [-0.3, -0.25) is 29.7 Å². The van der Waals surface area contributed by atoms with Gasteiger partial charge in [-0.1, -0.05) is 42.3 Å². The number of carbonyl (C=O) groups excluding carboxylic acids is 6. The maximum atomic E-state index is 14.4. The van der Waals surface area contributed by atoms with Crippen LogP contribution < -0.4 is 31.0 Å².